The summed E-state index contributed by atoms with van der Waals surface area (Å²) in [5, 5.41) is 18.9. The predicted octanol–water partition coefficient (Wildman–Crippen LogP) is 0.942. The molecule has 1 aliphatic rings. The lowest BCUT2D eigenvalue weighted by atomic mass is 9.90. The van der Waals surface area contributed by atoms with Crippen LogP contribution < -0.4 is 0 Å². The van der Waals surface area contributed by atoms with Crippen LogP contribution in [0.4, 0.5) is 0 Å². The Morgan fingerprint density at radius 2 is 2.13 bits per heavy atom. The summed E-state index contributed by atoms with van der Waals surface area (Å²) in [6, 6.07) is -0.440. The van der Waals surface area contributed by atoms with Crippen LogP contribution in [-0.2, 0) is 4.79 Å². The van der Waals surface area contributed by atoms with E-state index >= 15 is 0 Å². The van der Waals surface area contributed by atoms with Gasteiger partial charge in [0.25, 0.3) is 0 Å². The predicted molar refractivity (Wildman–Crippen MR) is 57.7 cm³/mol. The molecule has 0 spiro atoms. The van der Waals surface area contributed by atoms with Crippen LogP contribution in [0.5, 0.6) is 0 Å². The fourth-order valence-electron chi connectivity index (χ4n) is 2.35. The van der Waals surface area contributed by atoms with Crippen molar-refractivity contribution >= 4 is 5.97 Å². The number of likely N-dealkylation sites (tertiary alicyclic amines) is 1. The molecule has 88 valence electrons. The molecule has 0 aromatic carbocycles. The quantitative estimate of drug-likeness (QED) is 0.735. The van der Waals surface area contributed by atoms with Gasteiger partial charge in [-0.05, 0) is 39.2 Å². The van der Waals surface area contributed by atoms with Gasteiger partial charge in [-0.2, -0.15) is 0 Å². The van der Waals surface area contributed by atoms with Crippen LogP contribution in [0.15, 0.2) is 0 Å². The first-order valence-electron chi connectivity index (χ1n) is 5.50. The summed E-state index contributed by atoms with van der Waals surface area (Å²) in [6.07, 6.45) is 1.97. The van der Waals surface area contributed by atoms with Crippen LogP contribution in [0.3, 0.4) is 0 Å². The van der Waals surface area contributed by atoms with E-state index in [1.807, 2.05) is 11.8 Å². The van der Waals surface area contributed by atoms with Crippen LogP contribution in [0.2, 0.25) is 0 Å². The van der Waals surface area contributed by atoms with Gasteiger partial charge in [-0.25, -0.2) is 0 Å². The van der Waals surface area contributed by atoms with Crippen molar-refractivity contribution in [2.75, 3.05) is 13.1 Å². The van der Waals surface area contributed by atoms with Gasteiger partial charge >= 0.3 is 5.97 Å². The third-order valence-electron chi connectivity index (χ3n) is 2.88. The second kappa shape index (κ2) is 4.49. The van der Waals surface area contributed by atoms with E-state index in [-0.39, 0.29) is 5.92 Å². The molecule has 15 heavy (non-hydrogen) atoms. The normalized spacial score (nSPS) is 29.1. The number of β-amino-alcohol motifs (C(OH)–C–C–N with tert-alkyl or cyclic N) is 1. The van der Waals surface area contributed by atoms with E-state index in [0.717, 1.165) is 19.4 Å². The van der Waals surface area contributed by atoms with E-state index in [9.17, 15) is 9.90 Å². The number of nitrogens with zero attached hydrogens (tertiary/aromatic N) is 1. The Bertz CT molecular complexity index is 234. The Morgan fingerprint density at radius 3 is 2.60 bits per heavy atom. The van der Waals surface area contributed by atoms with E-state index in [0.29, 0.717) is 6.54 Å². The van der Waals surface area contributed by atoms with Gasteiger partial charge in [0, 0.05) is 6.54 Å². The topological polar surface area (TPSA) is 60.8 Å². The maximum atomic E-state index is 11.1. The Balaban J connectivity index is 2.71. The summed E-state index contributed by atoms with van der Waals surface area (Å²) < 4.78 is 0. The third-order valence-corrected chi connectivity index (χ3v) is 2.88. The van der Waals surface area contributed by atoms with E-state index < -0.39 is 17.6 Å². The SMILES string of the molecule is CC1CCCN(CC(C)(C)O)C1C(=O)O. The lowest BCUT2D eigenvalue weighted by Gasteiger charge is -2.39. The second-order valence-corrected chi connectivity index (χ2v) is 5.19. The number of piperidine rings is 1. The van der Waals surface area contributed by atoms with Gasteiger partial charge in [-0.15, -0.1) is 0 Å². The number of hydrogen-bond donors (Lipinski definition) is 2. The highest BCUT2D eigenvalue weighted by atomic mass is 16.4. The lowest BCUT2D eigenvalue weighted by molar-refractivity contribution is -0.148. The average molecular weight is 215 g/mol. The zero-order chi connectivity index (χ0) is 11.6. The summed E-state index contributed by atoms with van der Waals surface area (Å²) >= 11 is 0. The molecule has 1 saturated heterocycles. The highest BCUT2D eigenvalue weighted by Gasteiger charge is 2.36. The number of carbonyl (C=O) groups is 1. The standard InChI is InChI=1S/C11H21NO3/c1-8-5-4-6-12(7-11(2,3)15)9(8)10(13)14/h8-9,15H,4-7H2,1-3H3,(H,13,14). The highest BCUT2D eigenvalue weighted by molar-refractivity contribution is 5.74. The largest absolute Gasteiger partial charge is 0.480 e. The zero-order valence-electron chi connectivity index (χ0n) is 9.73. The molecular weight excluding hydrogens is 194 g/mol. The maximum Gasteiger partial charge on any atom is 0.321 e. The van der Waals surface area contributed by atoms with Gasteiger partial charge in [0.05, 0.1) is 5.60 Å². The Kier molecular flexibility index (Phi) is 3.73. The minimum absolute atomic E-state index is 0.165. The molecule has 2 N–H and O–H groups in total. The molecule has 2 unspecified atom stereocenters. The van der Waals surface area contributed by atoms with Crippen LogP contribution in [0.25, 0.3) is 0 Å². The molecule has 1 rings (SSSR count). The molecule has 0 bridgehead atoms. The Morgan fingerprint density at radius 1 is 1.53 bits per heavy atom. The monoisotopic (exact) mass is 215 g/mol. The van der Waals surface area contributed by atoms with Gasteiger partial charge in [0.15, 0.2) is 0 Å². The number of aliphatic carboxylic acids is 1. The molecule has 4 nitrogen and oxygen atoms in total. The average Bonchev–Trinajstić information content (AvgIpc) is 1.99. The van der Waals surface area contributed by atoms with E-state index in [4.69, 9.17) is 5.11 Å². The van der Waals surface area contributed by atoms with Crippen molar-refractivity contribution in [3.05, 3.63) is 0 Å². The molecule has 0 amide bonds. The molecule has 0 aromatic heterocycles. The van der Waals surface area contributed by atoms with Gasteiger partial charge in [-0.1, -0.05) is 6.92 Å². The van der Waals surface area contributed by atoms with E-state index in [1.54, 1.807) is 13.8 Å². The van der Waals surface area contributed by atoms with Crippen molar-refractivity contribution in [2.45, 2.75) is 45.3 Å². The Hall–Kier alpha value is -0.610. The second-order valence-electron chi connectivity index (χ2n) is 5.19. The number of hydrogen-bond acceptors (Lipinski definition) is 3. The molecule has 0 aromatic rings. The lowest BCUT2D eigenvalue weighted by Crippen LogP contribution is -2.53. The van der Waals surface area contributed by atoms with Crippen molar-refractivity contribution in [3.63, 3.8) is 0 Å². The smallest absolute Gasteiger partial charge is 0.321 e. The first-order chi connectivity index (χ1) is 6.81. The van der Waals surface area contributed by atoms with E-state index in [1.165, 1.54) is 0 Å². The molecule has 0 radical (unpaired) electrons. The van der Waals surface area contributed by atoms with Crippen LogP contribution in [0, 0.1) is 5.92 Å². The van der Waals surface area contributed by atoms with Crippen molar-refractivity contribution < 1.29 is 15.0 Å². The molecule has 4 heteroatoms. The van der Waals surface area contributed by atoms with Crippen LogP contribution in [-0.4, -0.2) is 45.8 Å². The summed E-state index contributed by atoms with van der Waals surface area (Å²) in [5.41, 5.74) is -0.829. The van der Waals surface area contributed by atoms with Gasteiger partial charge in [-0.3, -0.25) is 9.69 Å². The van der Waals surface area contributed by atoms with Gasteiger partial charge in [0.2, 0.25) is 0 Å². The van der Waals surface area contributed by atoms with Crippen molar-refractivity contribution in [1.29, 1.82) is 0 Å². The fraction of sp³-hybridized carbons (Fsp3) is 0.909. The minimum Gasteiger partial charge on any atom is -0.480 e. The van der Waals surface area contributed by atoms with Gasteiger partial charge < -0.3 is 10.2 Å². The first kappa shape index (κ1) is 12.5. The van der Waals surface area contributed by atoms with Crippen molar-refractivity contribution in [1.82, 2.24) is 4.90 Å². The Labute approximate surface area is 90.9 Å². The maximum absolute atomic E-state index is 11.1. The van der Waals surface area contributed by atoms with Crippen LogP contribution in [0.1, 0.15) is 33.6 Å². The van der Waals surface area contributed by atoms with Crippen molar-refractivity contribution in [3.8, 4) is 0 Å². The fourth-order valence-corrected chi connectivity index (χ4v) is 2.35. The molecule has 1 heterocycles. The molecule has 0 saturated carbocycles. The number of carboxylic acid groups (broad SMARTS) is 1. The highest BCUT2D eigenvalue weighted by Crippen LogP contribution is 2.24. The molecule has 2 atom stereocenters. The number of carboxylic acids is 1. The molecule has 1 fully saturated rings. The van der Waals surface area contributed by atoms with Crippen molar-refractivity contribution in [2.24, 2.45) is 5.92 Å². The minimum atomic E-state index is -0.829. The van der Waals surface area contributed by atoms with Crippen LogP contribution >= 0.6 is 0 Å². The van der Waals surface area contributed by atoms with E-state index in [2.05, 4.69) is 0 Å². The summed E-state index contributed by atoms with van der Waals surface area (Å²) in [4.78, 5) is 13.0. The molecule has 0 aliphatic carbocycles. The molecular formula is C11H21NO3. The summed E-state index contributed by atoms with van der Waals surface area (Å²) in [5.74, 6) is -0.606. The third kappa shape index (κ3) is 3.47. The van der Waals surface area contributed by atoms with Gasteiger partial charge in [0.1, 0.15) is 6.04 Å². The number of aliphatic hydroxyl groups is 1. The molecule has 1 aliphatic heterocycles. The summed E-state index contributed by atoms with van der Waals surface area (Å²) in [6.45, 7) is 6.59. The summed E-state index contributed by atoms with van der Waals surface area (Å²) in [7, 11) is 0. The number of rotatable bonds is 3. The zero-order valence-corrected chi connectivity index (χ0v) is 9.73. The first-order valence-corrected chi connectivity index (χ1v) is 5.50.